The van der Waals surface area contributed by atoms with Crippen LogP contribution in [0, 0.1) is 10.1 Å². The molecule has 8 heteroatoms. The Kier molecular flexibility index (Phi) is 16.2. The first-order chi connectivity index (χ1) is 16.0. The Morgan fingerprint density at radius 3 is 1.64 bits per heavy atom. The van der Waals surface area contributed by atoms with Crippen molar-refractivity contribution in [3.63, 3.8) is 0 Å². The summed E-state index contributed by atoms with van der Waals surface area (Å²) in [6, 6.07) is 4.84. The molecule has 0 atom stereocenters. The lowest BCUT2D eigenvalue weighted by Gasteiger charge is -2.09. The molecule has 0 aromatic heterocycles. The number of carbonyl (C=O) groups is 2. The minimum atomic E-state index is -0.603. The van der Waals surface area contributed by atoms with Crippen LogP contribution in [0.15, 0.2) is 24.3 Å². The van der Waals surface area contributed by atoms with Gasteiger partial charge in [0.25, 0.3) is 5.69 Å². The van der Waals surface area contributed by atoms with E-state index in [1.54, 1.807) is 0 Å². The minimum absolute atomic E-state index is 0.0576. The van der Waals surface area contributed by atoms with E-state index in [4.69, 9.17) is 0 Å². The van der Waals surface area contributed by atoms with Gasteiger partial charge in [-0.1, -0.05) is 96.8 Å². The zero-order valence-electron chi connectivity index (χ0n) is 20.2. The van der Waals surface area contributed by atoms with Crippen LogP contribution in [-0.4, -0.2) is 16.9 Å². The number of benzene rings is 1. The van der Waals surface area contributed by atoms with Gasteiger partial charge in [0.1, 0.15) is 0 Å². The fourth-order valence-corrected chi connectivity index (χ4v) is 3.67. The molecule has 0 bridgehead atoms. The van der Waals surface area contributed by atoms with Crippen molar-refractivity contribution in [2.24, 2.45) is 0 Å². The zero-order valence-corrected chi connectivity index (χ0v) is 20.2. The molecule has 1 aromatic rings. The summed E-state index contributed by atoms with van der Waals surface area (Å²) in [5.74, 6) is -0.233. The van der Waals surface area contributed by atoms with Gasteiger partial charge >= 0.3 is 6.03 Å². The van der Waals surface area contributed by atoms with Gasteiger partial charge in [-0.15, -0.1) is 0 Å². The highest BCUT2D eigenvalue weighted by Crippen LogP contribution is 2.15. The molecule has 0 heterocycles. The molecule has 0 aliphatic rings. The second kappa shape index (κ2) is 18.9. The van der Waals surface area contributed by atoms with Crippen LogP contribution in [0.5, 0.6) is 0 Å². The molecule has 0 saturated heterocycles. The lowest BCUT2D eigenvalue weighted by Crippen LogP contribution is -2.43. The van der Waals surface area contributed by atoms with Crippen LogP contribution in [0.2, 0.25) is 0 Å². The van der Waals surface area contributed by atoms with Crippen LogP contribution < -0.4 is 16.2 Å². The third kappa shape index (κ3) is 15.7. The monoisotopic (exact) mass is 462 g/mol. The number of carbonyl (C=O) groups excluding carboxylic acids is 2. The number of nitro groups is 1. The Labute approximate surface area is 198 Å². The van der Waals surface area contributed by atoms with Crippen LogP contribution in [0.4, 0.5) is 16.2 Å². The van der Waals surface area contributed by atoms with E-state index in [1.165, 1.54) is 101 Å². The van der Waals surface area contributed by atoms with Gasteiger partial charge in [0.05, 0.1) is 4.92 Å². The lowest BCUT2D eigenvalue weighted by molar-refractivity contribution is -0.384. The van der Waals surface area contributed by atoms with E-state index >= 15 is 0 Å². The number of nitro benzene ring substituents is 1. The van der Waals surface area contributed by atoms with Gasteiger partial charge < -0.3 is 5.32 Å². The second-order valence-corrected chi connectivity index (χ2v) is 8.63. The molecule has 33 heavy (non-hydrogen) atoms. The number of rotatable bonds is 18. The normalized spacial score (nSPS) is 10.6. The number of unbranched alkanes of at least 4 members (excludes halogenated alkanes) is 14. The van der Waals surface area contributed by atoms with Crippen molar-refractivity contribution < 1.29 is 14.5 Å². The second-order valence-electron chi connectivity index (χ2n) is 8.63. The van der Waals surface area contributed by atoms with Gasteiger partial charge in [-0.3, -0.25) is 20.3 Å². The van der Waals surface area contributed by atoms with E-state index < -0.39 is 11.0 Å². The highest BCUT2D eigenvalue weighted by Gasteiger charge is 2.07. The summed E-state index contributed by atoms with van der Waals surface area (Å²) in [5, 5.41) is 13.1. The summed E-state index contributed by atoms with van der Waals surface area (Å²) in [7, 11) is 0. The summed E-state index contributed by atoms with van der Waals surface area (Å²) < 4.78 is 0. The molecule has 8 nitrogen and oxygen atoms in total. The zero-order chi connectivity index (χ0) is 24.2. The van der Waals surface area contributed by atoms with Crippen molar-refractivity contribution in [3.8, 4) is 0 Å². The number of nitrogens with zero attached hydrogens (tertiary/aromatic N) is 1. The quantitative estimate of drug-likeness (QED) is 0.124. The van der Waals surface area contributed by atoms with E-state index in [0.717, 1.165) is 19.3 Å². The first-order valence-corrected chi connectivity index (χ1v) is 12.6. The predicted octanol–water partition coefficient (Wildman–Crippen LogP) is 7.01. The molecule has 0 unspecified atom stereocenters. The summed E-state index contributed by atoms with van der Waals surface area (Å²) in [6.45, 7) is 2.26. The van der Waals surface area contributed by atoms with Crippen LogP contribution in [0.1, 0.15) is 110 Å². The molecule has 0 radical (unpaired) electrons. The number of non-ortho nitro benzene ring substituents is 1. The Morgan fingerprint density at radius 2 is 1.18 bits per heavy atom. The minimum Gasteiger partial charge on any atom is -0.307 e. The molecule has 1 rings (SSSR count). The molecular weight excluding hydrogens is 420 g/mol. The summed E-state index contributed by atoms with van der Waals surface area (Å²) in [6.07, 6.45) is 19.5. The maximum atomic E-state index is 11.8. The fraction of sp³-hybridized carbons (Fsp3) is 0.680. The Hall–Kier alpha value is -2.64. The first-order valence-electron chi connectivity index (χ1n) is 12.6. The molecule has 0 fully saturated rings. The van der Waals surface area contributed by atoms with Crippen LogP contribution in [0.25, 0.3) is 0 Å². The SMILES string of the molecule is CCCCCCCCCCCCCCCCCC(=O)NNC(=O)Nc1ccc([N+](=O)[O-])cc1. The molecule has 0 aliphatic heterocycles. The Morgan fingerprint density at radius 1 is 0.727 bits per heavy atom. The van der Waals surface area contributed by atoms with Crippen LogP contribution >= 0.6 is 0 Å². The maximum absolute atomic E-state index is 11.8. The van der Waals surface area contributed by atoms with Crippen molar-refractivity contribution >= 4 is 23.3 Å². The number of amides is 3. The van der Waals surface area contributed by atoms with E-state index in [0.29, 0.717) is 12.1 Å². The number of hydrogen-bond donors (Lipinski definition) is 3. The van der Waals surface area contributed by atoms with Gasteiger partial charge in [0, 0.05) is 24.2 Å². The van der Waals surface area contributed by atoms with E-state index in [9.17, 15) is 19.7 Å². The molecular formula is C25H42N4O4. The first kappa shape index (κ1) is 28.4. The van der Waals surface area contributed by atoms with Gasteiger partial charge in [0.15, 0.2) is 0 Å². The number of nitrogens with one attached hydrogen (secondary N) is 3. The lowest BCUT2D eigenvalue weighted by atomic mass is 10.0. The number of anilines is 1. The highest BCUT2D eigenvalue weighted by atomic mass is 16.6. The molecule has 0 aliphatic carbocycles. The fourth-order valence-electron chi connectivity index (χ4n) is 3.67. The van der Waals surface area contributed by atoms with Gasteiger partial charge in [-0.25, -0.2) is 10.2 Å². The van der Waals surface area contributed by atoms with Gasteiger partial charge in [-0.05, 0) is 18.6 Å². The Bertz CT molecular complexity index is 679. The smallest absolute Gasteiger partial charge is 0.307 e. The molecule has 0 saturated carbocycles. The summed E-state index contributed by atoms with van der Waals surface area (Å²) in [5.41, 5.74) is 5.00. The molecule has 3 amide bonds. The van der Waals surface area contributed by atoms with E-state index in [-0.39, 0.29) is 11.6 Å². The van der Waals surface area contributed by atoms with Crippen LogP contribution in [-0.2, 0) is 4.79 Å². The standard InChI is InChI=1S/C25H42N4O4/c1-2-3-4-5-6-7-8-9-10-11-12-13-14-15-16-17-24(30)27-28-25(31)26-22-18-20-23(21-19-22)29(32)33/h18-21H,2-17H2,1H3,(H,27,30)(H2,26,28,31). The molecule has 0 spiro atoms. The van der Waals surface area contributed by atoms with Crippen molar-refractivity contribution in [1.29, 1.82) is 0 Å². The number of urea groups is 1. The van der Waals surface area contributed by atoms with Crippen molar-refractivity contribution in [3.05, 3.63) is 34.4 Å². The number of hydrogen-bond acceptors (Lipinski definition) is 4. The average Bonchev–Trinajstić information content (AvgIpc) is 2.80. The van der Waals surface area contributed by atoms with Crippen molar-refractivity contribution in [2.45, 2.75) is 110 Å². The van der Waals surface area contributed by atoms with Crippen molar-refractivity contribution in [1.82, 2.24) is 10.9 Å². The third-order valence-corrected chi connectivity index (χ3v) is 5.66. The predicted molar refractivity (Wildman–Crippen MR) is 133 cm³/mol. The Balaban J connectivity index is 1.91. The average molecular weight is 463 g/mol. The van der Waals surface area contributed by atoms with E-state index in [1.807, 2.05) is 0 Å². The summed E-state index contributed by atoms with van der Waals surface area (Å²) in [4.78, 5) is 33.7. The number of hydrazine groups is 1. The third-order valence-electron chi connectivity index (χ3n) is 5.66. The largest absolute Gasteiger partial charge is 0.337 e. The topological polar surface area (TPSA) is 113 Å². The molecule has 3 N–H and O–H groups in total. The summed E-state index contributed by atoms with van der Waals surface area (Å²) >= 11 is 0. The molecule has 1 aromatic carbocycles. The van der Waals surface area contributed by atoms with Crippen molar-refractivity contribution in [2.75, 3.05) is 5.32 Å². The van der Waals surface area contributed by atoms with Gasteiger partial charge in [-0.2, -0.15) is 0 Å². The van der Waals surface area contributed by atoms with E-state index in [2.05, 4.69) is 23.1 Å². The maximum Gasteiger partial charge on any atom is 0.337 e. The van der Waals surface area contributed by atoms with Crippen LogP contribution in [0.3, 0.4) is 0 Å². The molecule has 186 valence electrons. The highest BCUT2D eigenvalue weighted by molar-refractivity contribution is 5.90. The van der Waals surface area contributed by atoms with Gasteiger partial charge in [0.2, 0.25) is 5.91 Å².